The average Bonchev–Trinajstić information content (AvgIpc) is 2.93. The molecule has 4 aromatic carbocycles. The van der Waals surface area contributed by atoms with Gasteiger partial charge in [-0.3, -0.25) is 9.10 Å². The maximum absolute atomic E-state index is 13.5. The lowest BCUT2D eigenvalue weighted by atomic mass is 10.1. The number of hydrogen-bond acceptors (Lipinski definition) is 4. The number of ether oxygens (including phenoxy) is 1. The highest BCUT2D eigenvalue weighted by Gasteiger charge is 2.25. The molecule has 0 spiro atoms. The van der Waals surface area contributed by atoms with E-state index < -0.39 is 10.0 Å². The van der Waals surface area contributed by atoms with Crippen LogP contribution in [0.25, 0.3) is 0 Å². The average molecular weight is 501 g/mol. The van der Waals surface area contributed by atoms with E-state index in [2.05, 4.69) is 5.32 Å². The Hall–Kier alpha value is -4.10. The summed E-state index contributed by atoms with van der Waals surface area (Å²) in [4.78, 5) is 13.0. The molecular formula is C29H28N2O4S. The van der Waals surface area contributed by atoms with Gasteiger partial charge < -0.3 is 10.1 Å². The van der Waals surface area contributed by atoms with Crippen LogP contribution in [0.3, 0.4) is 0 Å². The molecule has 1 N–H and O–H groups in total. The Bertz CT molecular complexity index is 1390. The lowest BCUT2D eigenvalue weighted by Crippen LogP contribution is -2.30. The second-order valence-electron chi connectivity index (χ2n) is 8.33. The number of methoxy groups -OCH3 is 1. The number of rotatable bonds is 9. The fourth-order valence-corrected chi connectivity index (χ4v) is 5.29. The standard InChI is InChI=1S/C29H28N2O4S/c1-22(24-17-19-27(35-2)20-18-24)30-29(32)25-15-13-23(14-16-25)21-31(26-9-5-3-6-10-26)36(33,34)28-11-7-4-8-12-28/h3-20,22H,21H2,1-2H3,(H,30,32). The number of anilines is 1. The molecule has 1 unspecified atom stereocenters. The zero-order chi connectivity index (χ0) is 25.5. The fourth-order valence-electron chi connectivity index (χ4n) is 3.81. The van der Waals surface area contributed by atoms with Crippen LogP contribution in [0.2, 0.25) is 0 Å². The number of benzene rings is 4. The van der Waals surface area contributed by atoms with Crippen molar-refractivity contribution in [1.29, 1.82) is 0 Å². The second-order valence-corrected chi connectivity index (χ2v) is 10.2. The first-order valence-electron chi connectivity index (χ1n) is 11.5. The van der Waals surface area contributed by atoms with Crippen molar-refractivity contribution in [3.05, 3.63) is 126 Å². The number of amides is 1. The van der Waals surface area contributed by atoms with Crippen molar-refractivity contribution < 1.29 is 17.9 Å². The highest BCUT2D eigenvalue weighted by Crippen LogP contribution is 2.26. The minimum Gasteiger partial charge on any atom is -0.497 e. The minimum atomic E-state index is -3.79. The number of carbonyl (C=O) groups is 1. The van der Waals surface area contributed by atoms with Gasteiger partial charge in [-0.05, 0) is 66.6 Å². The van der Waals surface area contributed by atoms with Crippen LogP contribution in [0.4, 0.5) is 5.69 Å². The predicted octanol–water partition coefficient (Wildman–Crippen LogP) is 5.58. The first-order valence-corrected chi connectivity index (χ1v) is 13.0. The molecule has 0 aliphatic heterocycles. The molecule has 36 heavy (non-hydrogen) atoms. The lowest BCUT2D eigenvalue weighted by Gasteiger charge is -2.25. The van der Waals surface area contributed by atoms with Crippen molar-refractivity contribution >= 4 is 21.6 Å². The van der Waals surface area contributed by atoms with Gasteiger partial charge in [-0.1, -0.05) is 60.7 Å². The number of sulfonamides is 1. The molecule has 6 nitrogen and oxygen atoms in total. The maximum Gasteiger partial charge on any atom is 0.264 e. The van der Waals surface area contributed by atoms with E-state index in [1.807, 2.05) is 37.3 Å². The van der Waals surface area contributed by atoms with Gasteiger partial charge in [-0.15, -0.1) is 0 Å². The first kappa shape index (κ1) is 25.0. The molecule has 0 saturated heterocycles. The number of para-hydroxylation sites is 1. The van der Waals surface area contributed by atoms with Gasteiger partial charge in [0.2, 0.25) is 0 Å². The monoisotopic (exact) mass is 500 g/mol. The van der Waals surface area contributed by atoms with E-state index in [9.17, 15) is 13.2 Å². The van der Waals surface area contributed by atoms with Gasteiger partial charge in [0.05, 0.1) is 30.3 Å². The van der Waals surface area contributed by atoms with Crippen molar-refractivity contribution in [2.45, 2.75) is 24.4 Å². The molecule has 4 rings (SSSR count). The van der Waals surface area contributed by atoms with Crippen LogP contribution in [0.5, 0.6) is 5.75 Å². The molecule has 0 aliphatic carbocycles. The Morgan fingerprint density at radius 3 is 2.00 bits per heavy atom. The zero-order valence-corrected chi connectivity index (χ0v) is 21.0. The highest BCUT2D eigenvalue weighted by molar-refractivity contribution is 7.92. The molecule has 0 aromatic heterocycles. The van der Waals surface area contributed by atoms with Crippen LogP contribution in [0, 0.1) is 0 Å². The van der Waals surface area contributed by atoms with Crippen molar-refractivity contribution in [3.63, 3.8) is 0 Å². The normalized spacial score (nSPS) is 11.9. The van der Waals surface area contributed by atoms with E-state index >= 15 is 0 Å². The van der Waals surface area contributed by atoms with Gasteiger partial charge in [0.15, 0.2) is 0 Å². The summed E-state index contributed by atoms with van der Waals surface area (Å²) >= 11 is 0. The van der Waals surface area contributed by atoms with Gasteiger partial charge in [0.25, 0.3) is 15.9 Å². The summed E-state index contributed by atoms with van der Waals surface area (Å²) in [5.74, 6) is 0.549. The zero-order valence-electron chi connectivity index (χ0n) is 20.2. The summed E-state index contributed by atoms with van der Waals surface area (Å²) < 4.78 is 33.5. The van der Waals surface area contributed by atoms with Crippen LogP contribution in [-0.4, -0.2) is 21.4 Å². The van der Waals surface area contributed by atoms with E-state index in [1.54, 1.807) is 86.0 Å². The molecule has 0 aliphatic rings. The molecule has 0 heterocycles. The van der Waals surface area contributed by atoms with E-state index in [0.29, 0.717) is 11.3 Å². The third-order valence-electron chi connectivity index (χ3n) is 5.88. The van der Waals surface area contributed by atoms with Gasteiger partial charge in [0, 0.05) is 5.56 Å². The molecule has 0 fully saturated rings. The summed E-state index contributed by atoms with van der Waals surface area (Å²) in [6, 6.07) is 31.7. The third kappa shape index (κ3) is 5.75. The van der Waals surface area contributed by atoms with Crippen LogP contribution >= 0.6 is 0 Å². The van der Waals surface area contributed by atoms with Crippen LogP contribution in [-0.2, 0) is 16.6 Å². The predicted molar refractivity (Wildman–Crippen MR) is 142 cm³/mol. The van der Waals surface area contributed by atoms with E-state index in [1.165, 1.54) is 4.31 Å². The highest BCUT2D eigenvalue weighted by atomic mass is 32.2. The van der Waals surface area contributed by atoms with E-state index in [4.69, 9.17) is 4.74 Å². The molecule has 1 amide bonds. The van der Waals surface area contributed by atoms with Crippen molar-refractivity contribution in [3.8, 4) is 5.75 Å². The van der Waals surface area contributed by atoms with E-state index in [0.717, 1.165) is 16.9 Å². The van der Waals surface area contributed by atoms with Gasteiger partial charge in [0.1, 0.15) is 5.75 Å². The smallest absolute Gasteiger partial charge is 0.264 e. The van der Waals surface area contributed by atoms with Crippen molar-refractivity contribution in [1.82, 2.24) is 5.32 Å². The van der Waals surface area contributed by atoms with Crippen LogP contribution < -0.4 is 14.4 Å². The molecule has 0 bridgehead atoms. The quantitative estimate of drug-likeness (QED) is 0.325. The molecule has 0 saturated carbocycles. The summed E-state index contributed by atoms with van der Waals surface area (Å²) in [5.41, 5.74) is 2.79. The molecule has 184 valence electrons. The first-order chi connectivity index (χ1) is 17.4. The molecular weight excluding hydrogens is 472 g/mol. The largest absolute Gasteiger partial charge is 0.497 e. The van der Waals surface area contributed by atoms with Gasteiger partial charge in [-0.2, -0.15) is 0 Å². The topological polar surface area (TPSA) is 75.7 Å². The van der Waals surface area contributed by atoms with Crippen LogP contribution in [0.1, 0.15) is 34.5 Å². The molecule has 0 radical (unpaired) electrons. The summed E-state index contributed by atoms with van der Waals surface area (Å²) in [7, 11) is -2.17. The fraction of sp³-hybridized carbons (Fsp3) is 0.138. The number of nitrogens with zero attached hydrogens (tertiary/aromatic N) is 1. The summed E-state index contributed by atoms with van der Waals surface area (Å²) in [5, 5.41) is 3.00. The Kier molecular flexibility index (Phi) is 7.71. The SMILES string of the molecule is COc1ccc(C(C)NC(=O)c2ccc(CN(c3ccccc3)S(=O)(=O)c3ccccc3)cc2)cc1. The van der Waals surface area contributed by atoms with Crippen molar-refractivity contribution in [2.75, 3.05) is 11.4 Å². The Balaban J connectivity index is 1.51. The lowest BCUT2D eigenvalue weighted by molar-refractivity contribution is 0.0940. The number of carbonyl (C=O) groups excluding carboxylic acids is 1. The number of hydrogen-bond donors (Lipinski definition) is 1. The van der Waals surface area contributed by atoms with Gasteiger partial charge >= 0.3 is 0 Å². The summed E-state index contributed by atoms with van der Waals surface area (Å²) in [6.45, 7) is 2.05. The van der Waals surface area contributed by atoms with E-state index in [-0.39, 0.29) is 23.4 Å². The minimum absolute atomic E-state index is 0.130. The summed E-state index contributed by atoms with van der Waals surface area (Å²) in [6.07, 6.45) is 0. The number of nitrogens with one attached hydrogen (secondary N) is 1. The third-order valence-corrected chi connectivity index (χ3v) is 7.67. The van der Waals surface area contributed by atoms with Crippen LogP contribution in [0.15, 0.2) is 114 Å². The molecule has 4 aromatic rings. The molecule has 1 atom stereocenters. The Morgan fingerprint density at radius 2 is 1.42 bits per heavy atom. The maximum atomic E-state index is 13.5. The Labute approximate surface area is 212 Å². The second kappa shape index (κ2) is 11.1. The van der Waals surface area contributed by atoms with Gasteiger partial charge in [-0.25, -0.2) is 8.42 Å². The molecule has 7 heteroatoms. The Morgan fingerprint density at radius 1 is 0.833 bits per heavy atom. The van der Waals surface area contributed by atoms with Crippen molar-refractivity contribution in [2.24, 2.45) is 0 Å².